The molecule has 1 amide bonds. The second kappa shape index (κ2) is 8.43. The van der Waals surface area contributed by atoms with E-state index in [1.54, 1.807) is 36.4 Å². The number of thiophene rings is 1. The highest BCUT2D eigenvalue weighted by Gasteiger charge is 2.17. The van der Waals surface area contributed by atoms with Gasteiger partial charge in [-0.25, -0.2) is 0 Å². The number of halogens is 1. The molecule has 0 saturated heterocycles. The number of fused-ring (bicyclic) bond motifs is 1. The van der Waals surface area contributed by atoms with Crippen LogP contribution in [0.15, 0.2) is 84.9 Å². The Kier molecular flexibility index (Phi) is 5.56. The Hall–Kier alpha value is -3.21. The Bertz CT molecular complexity index is 1210. The van der Waals surface area contributed by atoms with Crippen molar-refractivity contribution in [3.05, 3.63) is 106 Å². The maximum atomic E-state index is 12.6. The number of allylic oxidation sites excluding steroid dienone is 1. The van der Waals surface area contributed by atoms with Gasteiger partial charge in [-0.1, -0.05) is 66.2 Å². The van der Waals surface area contributed by atoms with Crippen LogP contribution in [0.3, 0.4) is 0 Å². The normalized spacial score (nSPS) is 11.1. The Morgan fingerprint density at radius 2 is 1.55 bits per heavy atom. The summed E-state index contributed by atoms with van der Waals surface area (Å²) in [5, 5.41) is 4.17. The minimum atomic E-state index is -0.265. The van der Waals surface area contributed by atoms with E-state index in [1.807, 2.05) is 54.6 Å². The van der Waals surface area contributed by atoms with Crippen molar-refractivity contribution in [3.8, 4) is 0 Å². The van der Waals surface area contributed by atoms with Gasteiger partial charge in [0.05, 0.1) is 5.02 Å². The van der Waals surface area contributed by atoms with E-state index in [9.17, 15) is 9.59 Å². The van der Waals surface area contributed by atoms with Crippen LogP contribution in [0.1, 0.15) is 25.6 Å². The van der Waals surface area contributed by atoms with E-state index in [2.05, 4.69) is 5.32 Å². The van der Waals surface area contributed by atoms with Gasteiger partial charge in [-0.3, -0.25) is 9.59 Å². The maximum absolute atomic E-state index is 12.6. The summed E-state index contributed by atoms with van der Waals surface area (Å²) in [5.41, 5.74) is 2.12. The molecular formula is C24H16ClNO2S. The van der Waals surface area contributed by atoms with Crippen molar-refractivity contribution in [1.82, 2.24) is 0 Å². The van der Waals surface area contributed by atoms with Gasteiger partial charge in [0.25, 0.3) is 5.91 Å². The molecule has 1 N–H and O–H groups in total. The summed E-state index contributed by atoms with van der Waals surface area (Å²) in [6, 6.07) is 24.1. The molecule has 1 aromatic heterocycles. The van der Waals surface area contributed by atoms with Gasteiger partial charge in [0.1, 0.15) is 4.88 Å². The average Bonchev–Trinajstić information content (AvgIpc) is 3.10. The molecule has 4 rings (SSSR count). The van der Waals surface area contributed by atoms with E-state index in [-0.39, 0.29) is 11.7 Å². The molecule has 0 unspecified atom stereocenters. The summed E-state index contributed by atoms with van der Waals surface area (Å²) in [6.07, 6.45) is 3.32. The number of ketones is 1. The number of nitrogens with one attached hydrogen (secondary N) is 1. The van der Waals surface area contributed by atoms with Gasteiger partial charge in [0.15, 0.2) is 5.78 Å². The van der Waals surface area contributed by atoms with Gasteiger partial charge < -0.3 is 5.32 Å². The molecule has 0 fully saturated rings. The standard InChI is InChI=1S/C24H16ClNO2S/c25-22-19-8-4-5-9-21(19)29-23(22)24(28)26-18-13-11-17(12-14-18)20(27)15-10-16-6-2-1-3-7-16/h1-15H,(H,26,28)/b15-10+. The molecule has 4 aromatic rings. The summed E-state index contributed by atoms with van der Waals surface area (Å²) in [6.45, 7) is 0. The Labute approximate surface area is 177 Å². The molecule has 0 aliphatic heterocycles. The summed E-state index contributed by atoms with van der Waals surface area (Å²) in [5.74, 6) is -0.362. The summed E-state index contributed by atoms with van der Waals surface area (Å²) in [7, 11) is 0. The lowest BCUT2D eigenvalue weighted by Crippen LogP contribution is -2.10. The van der Waals surface area contributed by atoms with E-state index >= 15 is 0 Å². The van der Waals surface area contributed by atoms with Crippen molar-refractivity contribution in [3.63, 3.8) is 0 Å². The van der Waals surface area contributed by atoms with Crippen LogP contribution in [0.5, 0.6) is 0 Å². The number of amides is 1. The number of carbonyl (C=O) groups is 2. The molecule has 0 radical (unpaired) electrons. The third-order valence-electron chi connectivity index (χ3n) is 4.40. The molecule has 0 atom stereocenters. The minimum absolute atomic E-state index is 0.0979. The summed E-state index contributed by atoms with van der Waals surface area (Å²) >= 11 is 7.72. The zero-order valence-corrected chi connectivity index (χ0v) is 16.8. The predicted octanol–water partition coefficient (Wildman–Crippen LogP) is 6.70. The third-order valence-corrected chi connectivity index (χ3v) is 6.07. The van der Waals surface area contributed by atoms with Crippen LogP contribution in [0.2, 0.25) is 5.02 Å². The zero-order chi connectivity index (χ0) is 20.2. The fourth-order valence-electron chi connectivity index (χ4n) is 2.90. The first-order valence-corrected chi connectivity index (χ1v) is 10.2. The molecule has 29 heavy (non-hydrogen) atoms. The maximum Gasteiger partial charge on any atom is 0.267 e. The lowest BCUT2D eigenvalue weighted by atomic mass is 10.1. The Morgan fingerprint density at radius 1 is 0.862 bits per heavy atom. The van der Waals surface area contributed by atoms with Crippen LogP contribution in [-0.4, -0.2) is 11.7 Å². The van der Waals surface area contributed by atoms with E-state index in [4.69, 9.17) is 11.6 Å². The topological polar surface area (TPSA) is 46.2 Å². The molecule has 0 aliphatic carbocycles. The van der Waals surface area contributed by atoms with Crippen LogP contribution in [-0.2, 0) is 0 Å². The van der Waals surface area contributed by atoms with Crippen LogP contribution in [0.25, 0.3) is 16.2 Å². The number of hydrogen-bond acceptors (Lipinski definition) is 3. The van der Waals surface area contributed by atoms with Crippen molar-refractivity contribution in [2.45, 2.75) is 0 Å². The Morgan fingerprint density at radius 3 is 2.28 bits per heavy atom. The molecule has 3 aromatic carbocycles. The second-order valence-electron chi connectivity index (χ2n) is 6.38. The molecule has 0 spiro atoms. The first-order valence-electron chi connectivity index (χ1n) is 8.98. The van der Waals surface area contributed by atoms with E-state index < -0.39 is 0 Å². The molecule has 0 aliphatic rings. The largest absolute Gasteiger partial charge is 0.321 e. The first-order chi connectivity index (χ1) is 14.1. The van der Waals surface area contributed by atoms with Crippen molar-refractivity contribution >= 4 is 56.5 Å². The molecular weight excluding hydrogens is 402 g/mol. The number of rotatable bonds is 5. The number of hydrogen-bond donors (Lipinski definition) is 1. The number of benzene rings is 3. The number of anilines is 1. The predicted molar refractivity (Wildman–Crippen MR) is 121 cm³/mol. The highest BCUT2D eigenvalue weighted by Crippen LogP contribution is 2.35. The molecule has 0 bridgehead atoms. The van der Waals surface area contributed by atoms with Crippen LogP contribution < -0.4 is 5.32 Å². The molecule has 5 heteroatoms. The molecule has 1 heterocycles. The second-order valence-corrected chi connectivity index (χ2v) is 7.81. The lowest BCUT2D eigenvalue weighted by molar-refractivity contribution is 0.102. The van der Waals surface area contributed by atoms with Gasteiger partial charge in [0.2, 0.25) is 0 Å². The van der Waals surface area contributed by atoms with Crippen LogP contribution >= 0.6 is 22.9 Å². The van der Waals surface area contributed by atoms with Gasteiger partial charge in [-0.2, -0.15) is 0 Å². The SMILES string of the molecule is O=C(/C=C/c1ccccc1)c1ccc(NC(=O)c2sc3ccccc3c2Cl)cc1. The summed E-state index contributed by atoms with van der Waals surface area (Å²) in [4.78, 5) is 25.4. The smallest absolute Gasteiger partial charge is 0.267 e. The first kappa shape index (κ1) is 19.1. The van der Waals surface area contributed by atoms with Gasteiger partial charge in [0, 0.05) is 21.3 Å². The van der Waals surface area contributed by atoms with Crippen molar-refractivity contribution in [2.75, 3.05) is 5.32 Å². The molecule has 142 valence electrons. The average molecular weight is 418 g/mol. The lowest BCUT2D eigenvalue weighted by Gasteiger charge is -2.05. The highest BCUT2D eigenvalue weighted by atomic mass is 35.5. The van der Waals surface area contributed by atoms with Crippen LogP contribution in [0, 0.1) is 0 Å². The van der Waals surface area contributed by atoms with E-state index in [1.165, 1.54) is 11.3 Å². The quantitative estimate of drug-likeness (QED) is 0.290. The van der Waals surface area contributed by atoms with Gasteiger partial charge in [-0.15, -0.1) is 11.3 Å². The third kappa shape index (κ3) is 4.29. The van der Waals surface area contributed by atoms with Crippen molar-refractivity contribution in [1.29, 1.82) is 0 Å². The van der Waals surface area contributed by atoms with E-state index in [0.29, 0.717) is 21.2 Å². The highest BCUT2D eigenvalue weighted by molar-refractivity contribution is 7.21. The fourth-order valence-corrected chi connectivity index (χ4v) is 4.31. The van der Waals surface area contributed by atoms with Gasteiger partial charge >= 0.3 is 0 Å². The van der Waals surface area contributed by atoms with E-state index in [0.717, 1.165) is 15.6 Å². The van der Waals surface area contributed by atoms with Crippen molar-refractivity contribution < 1.29 is 9.59 Å². The van der Waals surface area contributed by atoms with Crippen molar-refractivity contribution in [2.24, 2.45) is 0 Å². The monoisotopic (exact) mass is 417 g/mol. The van der Waals surface area contributed by atoms with Gasteiger partial charge in [-0.05, 0) is 42.0 Å². The molecule has 0 saturated carbocycles. The van der Waals surface area contributed by atoms with Crippen LogP contribution in [0.4, 0.5) is 5.69 Å². The zero-order valence-electron chi connectivity index (χ0n) is 15.3. The minimum Gasteiger partial charge on any atom is -0.321 e. The molecule has 3 nitrogen and oxygen atoms in total. The fraction of sp³-hybridized carbons (Fsp3) is 0. The number of carbonyl (C=O) groups excluding carboxylic acids is 2. The summed E-state index contributed by atoms with van der Waals surface area (Å²) < 4.78 is 0.966. The Balaban J connectivity index is 1.46.